The van der Waals surface area contributed by atoms with Gasteiger partial charge in [0.1, 0.15) is 11.6 Å². The van der Waals surface area contributed by atoms with Crippen molar-refractivity contribution in [3.8, 4) is 0 Å². The van der Waals surface area contributed by atoms with Crippen molar-refractivity contribution < 1.29 is 0 Å². The molecule has 114 valence electrons. The number of anilines is 1. The SMILES string of the molecule is Cc1cc(C)n(CC(C)Nc2cc(CCN)nc(C)n2)n1. The van der Waals surface area contributed by atoms with E-state index in [1.807, 2.05) is 24.6 Å². The number of rotatable bonds is 6. The van der Waals surface area contributed by atoms with Crippen LogP contribution in [0.4, 0.5) is 5.82 Å². The molecule has 1 atom stereocenters. The fraction of sp³-hybridized carbons (Fsp3) is 0.533. The zero-order valence-corrected chi connectivity index (χ0v) is 13.2. The lowest BCUT2D eigenvalue weighted by Crippen LogP contribution is -2.24. The van der Waals surface area contributed by atoms with Gasteiger partial charge >= 0.3 is 0 Å². The quantitative estimate of drug-likeness (QED) is 0.843. The molecule has 6 heteroatoms. The van der Waals surface area contributed by atoms with E-state index in [1.54, 1.807) is 0 Å². The molecule has 3 N–H and O–H groups in total. The zero-order valence-electron chi connectivity index (χ0n) is 13.2. The van der Waals surface area contributed by atoms with Gasteiger partial charge in [-0.05, 0) is 40.3 Å². The summed E-state index contributed by atoms with van der Waals surface area (Å²) in [5.74, 6) is 1.61. The summed E-state index contributed by atoms with van der Waals surface area (Å²) in [6.45, 7) is 9.49. The molecule has 0 saturated heterocycles. The molecule has 6 nitrogen and oxygen atoms in total. The highest BCUT2D eigenvalue weighted by molar-refractivity contribution is 5.37. The van der Waals surface area contributed by atoms with Crippen LogP contribution >= 0.6 is 0 Å². The molecule has 0 aliphatic carbocycles. The second-order valence-electron chi connectivity index (χ2n) is 5.49. The monoisotopic (exact) mass is 288 g/mol. The van der Waals surface area contributed by atoms with Gasteiger partial charge < -0.3 is 11.1 Å². The Bertz CT molecular complexity index is 604. The smallest absolute Gasteiger partial charge is 0.130 e. The van der Waals surface area contributed by atoms with Crippen LogP contribution in [0.1, 0.15) is 29.8 Å². The Balaban J connectivity index is 2.05. The molecule has 2 aromatic heterocycles. The van der Waals surface area contributed by atoms with E-state index in [9.17, 15) is 0 Å². The van der Waals surface area contributed by atoms with Crippen molar-refractivity contribution >= 4 is 5.82 Å². The number of hydrogen-bond donors (Lipinski definition) is 2. The predicted octanol–water partition coefficient (Wildman–Crippen LogP) is 1.60. The fourth-order valence-electron chi connectivity index (χ4n) is 2.40. The number of nitrogens with zero attached hydrogens (tertiary/aromatic N) is 4. The number of hydrogen-bond acceptors (Lipinski definition) is 5. The molecule has 0 aliphatic heterocycles. The summed E-state index contributed by atoms with van der Waals surface area (Å²) in [6.07, 6.45) is 0.768. The maximum atomic E-state index is 5.59. The highest BCUT2D eigenvalue weighted by Gasteiger charge is 2.09. The molecule has 21 heavy (non-hydrogen) atoms. The van der Waals surface area contributed by atoms with Gasteiger partial charge in [0.2, 0.25) is 0 Å². The molecule has 2 aromatic rings. The number of aromatic nitrogens is 4. The average molecular weight is 288 g/mol. The Morgan fingerprint density at radius 3 is 2.62 bits per heavy atom. The first kappa shape index (κ1) is 15.4. The van der Waals surface area contributed by atoms with Gasteiger partial charge in [0.15, 0.2) is 0 Å². The van der Waals surface area contributed by atoms with Crippen LogP contribution in [-0.4, -0.2) is 32.3 Å². The summed E-state index contributed by atoms with van der Waals surface area (Å²) >= 11 is 0. The van der Waals surface area contributed by atoms with E-state index in [-0.39, 0.29) is 6.04 Å². The van der Waals surface area contributed by atoms with Gasteiger partial charge in [-0.2, -0.15) is 5.10 Å². The molecule has 0 bridgehead atoms. The van der Waals surface area contributed by atoms with E-state index in [2.05, 4.69) is 40.3 Å². The second-order valence-corrected chi connectivity index (χ2v) is 5.49. The normalized spacial score (nSPS) is 12.4. The molecule has 0 aliphatic rings. The van der Waals surface area contributed by atoms with Crippen LogP contribution in [0.15, 0.2) is 12.1 Å². The van der Waals surface area contributed by atoms with Gasteiger partial charge in [0, 0.05) is 29.9 Å². The fourth-order valence-corrected chi connectivity index (χ4v) is 2.40. The molecular formula is C15H24N6. The summed E-state index contributed by atoms with van der Waals surface area (Å²) in [6, 6.07) is 4.28. The third kappa shape index (κ3) is 4.26. The minimum atomic E-state index is 0.225. The molecule has 0 amide bonds. The Hall–Kier alpha value is -1.95. The van der Waals surface area contributed by atoms with Crippen molar-refractivity contribution in [2.45, 2.75) is 46.7 Å². The van der Waals surface area contributed by atoms with Crippen molar-refractivity contribution in [1.82, 2.24) is 19.7 Å². The van der Waals surface area contributed by atoms with E-state index in [1.165, 1.54) is 5.69 Å². The molecular weight excluding hydrogens is 264 g/mol. The first-order valence-electron chi connectivity index (χ1n) is 7.30. The van der Waals surface area contributed by atoms with Crippen LogP contribution < -0.4 is 11.1 Å². The third-order valence-electron chi connectivity index (χ3n) is 3.24. The number of aryl methyl sites for hydroxylation is 3. The standard InChI is InChI=1S/C15H24N6/c1-10-7-12(3)21(20-10)9-11(2)17-15-8-14(5-6-16)18-13(4)19-15/h7-8,11H,5-6,9,16H2,1-4H3,(H,17,18,19). The van der Waals surface area contributed by atoms with E-state index in [0.717, 1.165) is 36.0 Å². The van der Waals surface area contributed by atoms with Crippen LogP contribution in [0.25, 0.3) is 0 Å². The van der Waals surface area contributed by atoms with E-state index < -0.39 is 0 Å². The third-order valence-corrected chi connectivity index (χ3v) is 3.24. The summed E-state index contributed by atoms with van der Waals surface area (Å²) in [5, 5.41) is 7.90. The van der Waals surface area contributed by atoms with Gasteiger partial charge in [0.05, 0.1) is 12.2 Å². The predicted molar refractivity (Wildman–Crippen MR) is 84.3 cm³/mol. The Kier molecular flexibility index (Phi) is 4.90. The molecule has 0 spiro atoms. The van der Waals surface area contributed by atoms with Crippen molar-refractivity contribution in [3.05, 3.63) is 35.0 Å². The topological polar surface area (TPSA) is 81.7 Å². The molecule has 0 fully saturated rings. The van der Waals surface area contributed by atoms with E-state index >= 15 is 0 Å². The lowest BCUT2D eigenvalue weighted by molar-refractivity contribution is 0.544. The number of nitrogens with two attached hydrogens (primary N) is 1. The van der Waals surface area contributed by atoms with Gasteiger partial charge in [0.25, 0.3) is 0 Å². The Morgan fingerprint density at radius 1 is 1.24 bits per heavy atom. The van der Waals surface area contributed by atoms with Gasteiger partial charge in [-0.3, -0.25) is 4.68 Å². The highest BCUT2D eigenvalue weighted by Crippen LogP contribution is 2.10. The van der Waals surface area contributed by atoms with Crippen molar-refractivity contribution in [2.75, 3.05) is 11.9 Å². The molecule has 2 heterocycles. The second kappa shape index (κ2) is 6.67. The summed E-state index contributed by atoms with van der Waals surface area (Å²) in [5.41, 5.74) is 8.78. The van der Waals surface area contributed by atoms with Crippen LogP contribution in [0.3, 0.4) is 0 Å². The lowest BCUT2D eigenvalue weighted by atomic mass is 10.2. The van der Waals surface area contributed by atoms with E-state index in [4.69, 9.17) is 5.73 Å². The van der Waals surface area contributed by atoms with Gasteiger partial charge in [-0.1, -0.05) is 0 Å². The van der Waals surface area contributed by atoms with Gasteiger partial charge in [-0.25, -0.2) is 9.97 Å². The largest absolute Gasteiger partial charge is 0.366 e. The van der Waals surface area contributed by atoms with Crippen molar-refractivity contribution in [2.24, 2.45) is 5.73 Å². The minimum absolute atomic E-state index is 0.225. The van der Waals surface area contributed by atoms with Crippen LogP contribution in [0.5, 0.6) is 0 Å². The van der Waals surface area contributed by atoms with E-state index in [0.29, 0.717) is 6.54 Å². The molecule has 0 radical (unpaired) electrons. The van der Waals surface area contributed by atoms with Crippen molar-refractivity contribution in [1.29, 1.82) is 0 Å². The molecule has 1 unspecified atom stereocenters. The summed E-state index contributed by atoms with van der Waals surface area (Å²) in [7, 11) is 0. The molecule has 0 saturated carbocycles. The maximum absolute atomic E-state index is 5.59. The maximum Gasteiger partial charge on any atom is 0.130 e. The Morgan fingerprint density at radius 2 is 2.00 bits per heavy atom. The van der Waals surface area contributed by atoms with Crippen LogP contribution in [-0.2, 0) is 13.0 Å². The summed E-state index contributed by atoms with van der Waals surface area (Å²) < 4.78 is 2.02. The summed E-state index contributed by atoms with van der Waals surface area (Å²) in [4.78, 5) is 8.82. The first-order valence-corrected chi connectivity index (χ1v) is 7.30. The Labute approximate surface area is 125 Å². The average Bonchev–Trinajstić information content (AvgIpc) is 2.67. The number of nitrogens with one attached hydrogen (secondary N) is 1. The molecule has 2 rings (SSSR count). The first-order chi connectivity index (χ1) is 9.97. The van der Waals surface area contributed by atoms with Gasteiger partial charge in [-0.15, -0.1) is 0 Å². The van der Waals surface area contributed by atoms with Crippen LogP contribution in [0, 0.1) is 20.8 Å². The zero-order chi connectivity index (χ0) is 15.4. The van der Waals surface area contributed by atoms with Crippen molar-refractivity contribution in [3.63, 3.8) is 0 Å². The highest BCUT2D eigenvalue weighted by atomic mass is 15.3. The molecule has 0 aromatic carbocycles. The lowest BCUT2D eigenvalue weighted by Gasteiger charge is -2.16. The van der Waals surface area contributed by atoms with Crippen LogP contribution in [0.2, 0.25) is 0 Å². The minimum Gasteiger partial charge on any atom is -0.366 e.